The van der Waals surface area contributed by atoms with Gasteiger partial charge in [0.25, 0.3) is 0 Å². The molecule has 0 saturated carbocycles. The van der Waals surface area contributed by atoms with Crippen molar-refractivity contribution in [2.75, 3.05) is 37.7 Å². The maximum Gasteiger partial charge on any atom is 0.223 e. The Kier molecular flexibility index (Phi) is 7.10. The average Bonchev–Trinajstić information content (AvgIpc) is 2.42. The summed E-state index contributed by atoms with van der Waals surface area (Å²) in [5.41, 5.74) is 5.11. The first-order valence-electron chi connectivity index (χ1n) is 7.13. The first-order valence-corrected chi connectivity index (χ1v) is 8.95. The lowest BCUT2D eigenvalue weighted by Crippen LogP contribution is -2.41. The number of nitrogens with zero attached hydrogens (tertiary/aromatic N) is 1. The Morgan fingerprint density at radius 3 is 2.52 bits per heavy atom. The van der Waals surface area contributed by atoms with Gasteiger partial charge in [-0.1, -0.05) is 6.92 Å². The van der Waals surface area contributed by atoms with Gasteiger partial charge in [0.2, 0.25) is 11.8 Å². The van der Waals surface area contributed by atoms with Crippen molar-refractivity contribution in [2.45, 2.75) is 19.8 Å². The molecule has 2 amide bonds. The Bertz CT molecular complexity index is 450. The Balaban J connectivity index is 2.06. The van der Waals surface area contributed by atoms with Crippen LogP contribution in [0.2, 0.25) is 0 Å². The predicted octanol–water partition coefficient (Wildman–Crippen LogP) is -1.06. The second-order valence-corrected chi connectivity index (χ2v) is 7.68. The SMILES string of the molecule is C[C@@H](C[CH]C(=O)NCCCN1CCS(=O)(=O)CC1)C(N)=O. The van der Waals surface area contributed by atoms with Gasteiger partial charge in [0.05, 0.1) is 17.9 Å². The van der Waals surface area contributed by atoms with E-state index in [2.05, 4.69) is 10.2 Å². The number of primary amides is 1. The molecule has 0 spiro atoms. The zero-order chi connectivity index (χ0) is 15.9. The summed E-state index contributed by atoms with van der Waals surface area (Å²) in [6.07, 6.45) is 2.54. The molecule has 8 heteroatoms. The summed E-state index contributed by atoms with van der Waals surface area (Å²) in [5.74, 6) is -0.523. The van der Waals surface area contributed by atoms with Crippen molar-refractivity contribution in [2.24, 2.45) is 11.7 Å². The topological polar surface area (TPSA) is 110 Å². The monoisotopic (exact) mass is 318 g/mol. The van der Waals surface area contributed by atoms with Crippen LogP contribution in [0.5, 0.6) is 0 Å². The number of hydrogen-bond acceptors (Lipinski definition) is 5. The Hall–Kier alpha value is -1.15. The van der Waals surface area contributed by atoms with E-state index >= 15 is 0 Å². The molecule has 0 bridgehead atoms. The van der Waals surface area contributed by atoms with Crippen molar-refractivity contribution in [1.82, 2.24) is 10.2 Å². The zero-order valence-electron chi connectivity index (χ0n) is 12.4. The molecule has 1 fully saturated rings. The summed E-state index contributed by atoms with van der Waals surface area (Å²) in [7, 11) is -2.84. The van der Waals surface area contributed by atoms with Crippen molar-refractivity contribution in [1.29, 1.82) is 0 Å². The highest BCUT2D eigenvalue weighted by molar-refractivity contribution is 7.91. The van der Waals surface area contributed by atoms with E-state index in [1.54, 1.807) is 6.92 Å². The molecule has 0 aliphatic carbocycles. The fraction of sp³-hybridized carbons (Fsp3) is 0.769. The number of nitrogens with one attached hydrogen (secondary N) is 1. The first kappa shape index (κ1) is 17.9. The van der Waals surface area contributed by atoms with Crippen LogP contribution >= 0.6 is 0 Å². The maximum atomic E-state index is 11.5. The lowest BCUT2D eigenvalue weighted by molar-refractivity contribution is -0.121. The van der Waals surface area contributed by atoms with Crippen LogP contribution in [0.4, 0.5) is 0 Å². The normalized spacial score (nSPS) is 19.9. The van der Waals surface area contributed by atoms with Crippen LogP contribution in [0.25, 0.3) is 0 Å². The Labute approximate surface area is 126 Å². The van der Waals surface area contributed by atoms with Crippen molar-refractivity contribution in [3.63, 3.8) is 0 Å². The molecular weight excluding hydrogens is 294 g/mol. The molecule has 1 atom stereocenters. The summed E-state index contributed by atoms with van der Waals surface area (Å²) in [6, 6.07) is 0. The molecular formula is C13H24N3O4S. The minimum atomic E-state index is -2.84. The van der Waals surface area contributed by atoms with Gasteiger partial charge in [-0.2, -0.15) is 0 Å². The molecule has 7 nitrogen and oxygen atoms in total. The van der Waals surface area contributed by atoms with Gasteiger partial charge < -0.3 is 16.0 Å². The average molecular weight is 318 g/mol. The molecule has 121 valence electrons. The van der Waals surface area contributed by atoms with E-state index in [0.29, 0.717) is 26.1 Å². The Morgan fingerprint density at radius 2 is 1.95 bits per heavy atom. The van der Waals surface area contributed by atoms with Crippen LogP contribution in [0.3, 0.4) is 0 Å². The van der Waals surface area contributed by atoms with Gasteiger partial charge in [-0.15, -0.1) is 0 Å². The van der Waals surface area contributed by atoms with Gasteiger partial charge in [0, 0.05) is 25.6 Å². The standard InChI is InChI=1S/C13H24N3O4S/c1-11(13(14)18)3-4-12(17)15-5-2-6-16-7-9-21(19,20)10-8-16/h4,11H,2-3,5-10H2,1H3,(H2,14,18)(H,15,17)/t11-/m0/s1. The summed E-state index contributed by atoms with van der Waals surface area (Å²) in [5, 5.41) is 2.74. The number of carbonyl (C=O) groups is 2. The molecule has 1 saturated heterocycles. The number of hydrogen-bond donors (Lipinski definition) is 2. The van der Waals surface area contributed by atoms with Crippen LogP contribution in [-0.4, -0.2) is 62.8 Å². The lowest BCUT2D eigenvalue weighted by Gasteiger charge is -2.26. The molecule has 21 heavy (non-hydrogen) atoms. The zero-order valence-corrected chi connectivity index (χ0v) is 13.2. The second-order valence-electron chi connectivity index (χ2n) is 5.38. The van der Waals surface area contributed by atoms with E-state index in [9.17, 15) is 18.0 Å². The van der Waals surface area contributed by atoms with Crippen LogP contribution < -0.4 is 11.1 Å². The fourth-order valence-corrected chi connectivity index (χ4v) is 3.24. The summed E-state index contributed by atoms with van der Waals surface area (Å²) in [6.45, 7) is 4.12. The molecule has 3 N–H and O–H groups in total. The number of carbonyl (C=O) groups excluding carboxylic acids is 2. The minimum Gasteiger partial charge on any atom is -0.369 e. The quantitative estimate of drug-likeness (QED) is 0.554. The fourth-order valence-electron chi connectivity index (χ4n) is 1.96. The Morgan fingerprint density at radius 1 is 1.33 bits per heavy atom. The van der Waals surface area contributed by atoms with Crippen molar-refractivity contribution >= 4 is 21.7 Å². The van der Waals surface area contributed by atoms with Gasteiger partial charge in [-0.3, -0.25) is 9.59 Å². The molecule has 1 heterocycles. The molecule has 0 aromatic carbocycles. The van der Waals surface area contributed by atoms with Gasteiger partial charge in [-0.05, 0) is 19.4 Å². The maximum absolute atomic E-state index is 11.5. The van der Waals surface area contributed by atoms with E-state index in [1.807, 2.05) is 0 Å². The molecule has 1 radical (unpaired) electrons. The van der Waals surface area contributed by atoms with E-state index < -0.39 is 15.7 Å². The summed E-state index contributed by atoms with van der Waals surface area (Å²) >= 11 is 0. The van der Waals surface area contributed by atoms with Crippen LogP contribution in [0, 0.1) is 12.3 Å². The number of sulfone groups is 1. The summed E-state index contributed by atoms with van der Waals surface area (Å²) < 4.78 is 22.5. The van der Waals surface area contributed by atoms with E-state index in [-0.39, 0.29) is 23.3 Å². The molecule has 0 aromatic heterocycles. The third-order valence-electron chi connectivity index (χ3n) is 3.53. The molecule has 1 rings (SSSR count). The number of rotatable bonds is 8. The van der Waals surface area contributed by atoms with Crippen molar-refractivity contribution < 1.29 is 18.0 Å². The molecule has 1 aliphatic rings. The van der Waals surface area contributed by atoms with E-state index in [4.69, 9.17) is 5.73 Å². The number of amides is 2. The van der Waals surface area contributed by atoms with Crippen LogP contribution in [-0.2, 0) is 19.4 Å². The first-order chi connectivity index (χ1) is 9.80. The second kappa shape index (κ2) is 8.33. The van der Waals surface area contributed by atoms with Crippen LogP contribution in [0.1, 0.15) is 19.8 Å². The highest BCUT2D eigenvalue weighted by atomic mass is 32.2. The van der Waals surface area contributed by atoms with Gasteiger partial charge in [-0.25, -0.2) is 8.42 Å². The van der Waals surface area contributed by atoms with Gasteiger partial charge >= 0.3 is 0 Å². The lowest BCUT2D eigenvalue weighted by atomic mass is 10.1. The van der Waals surface area contributed by atoms with E-state index in [0.717, 1.165) is 13.0 Å². The molecule has 1 aliphatic heterocycles. The highest BCUT2D eigenvalue weighted by Gasteiger charge is 2.20. The largest absolute Gasteiger partial charge is 0.369 e. The van der Waals surface area contributed by atoms with Gasteiger partial charge in [0.15, 0.2) is 9.84 Å². The van der Waals surface area contributed by atoms with Crippen molar-refractivity contribution in [3.8, 4) is 0 Å². The molecule has 0 unspecified atom stereocenters. The number of nitrogens with two attached hydrogens (primary N) is 1. The predicted molar refractivity (Wildman–Crippen MR) is 80.0 cm³/mol. The highest BCUT2D eigenvalue weighted by Crippen LogP contribution is 2.04. The minimum absolute atomic E-state index is 0.204. The third kappa shape index (κ3) is 7.42. The van der Waals surface area contributed by atoms with Gasteiger partial charge in [0.1, 0.15) is 0 Å². The molecule has 0 aromatic rings. The third-order valence-corrected chi connectivity index (χ3v) is 5.14. The smallest absolute Gasteiger partial charge is 0.223 e. The van der Waals surface area contributed by atoms with Crippen LogP contribution in [0.15, 0.2) is 0 Å². The van der Waals surface area contributed by atoms with E-state index in [1.165, 1.54) is 6.42 Å². The summed E-state index contributed by atoms with van der Waals surface area (Å²) in [4.78, 5) is 24.4. The van der Waals surface area contributed by atoms with Crippen molar-refractivity contribution in [3.05, 3.63) is 6.42 Å².